The second kappa shape index (κ2) is 4.81. The molecule has 1 aromatic rings. The highest BCUT2D eigenvalue weighted by molar-refractivity contribution is 4.98. The van der Waals surface area contributed by atoms with E-state index in [1.54, 1.807) is 6.26 Å². The molecular weight excluding hydrogens is 190 g/mol. The van der Waals surface area contributed by atoms with Crippen LogP contribution in [0.3, 0.4) is 0 Å². The van der Waals surface area contributed by atoms with Crippen LogP contribution in [0.5, 0.6) is 0 Å². The van der Waals surface area contributed by atoms with Crippen LogP contribution in [0.25, 0.3) is 0 Å². The average molecular weight is 209 g/mol. The zero-order chi connectivity index (χ0) is 10.7. The largest absolute Gasteiger partial charge is 0.468 e. The van der Waals surface area contributed by atoms with Crippen molar-refractivity contribution in [3.05, 3.63) is 24.2 Å². The van der Waals surface area contributed by atoms with Crippen molar-refractivity contribution >= 4 is 0 Å². The minimum atomic E-state index is 0.307. The van der Waals surface area contributed by atoms with Gasteiger partial charge in [-0.3, -0.25) is 4.90 Å². The van der Waals surface area contributed by atoms with Gasteiger partial charge in [0, 0.05) is 19.2 Å². The minimum Gasteiger partial charge on any atom is -0.468 e. The van der Waals surface area contributed by atoms with E-state index in [4.69, 9.17) is 4.42 Å². The molecule has 84 valence electrons. The smallest absolute Gasteiger partial charge is 0.117 e. The Hall–Kier alpha value is -0.800. The highest BCUT2D eigenvalue weighted by Gasteiger charge is 2.25. The molecule has 0 bridgehead atoms. The maximum absolute atomic E-state index is 9.17. The van der Waals surface area contributed by atoms with E-state index in [0.29, 0.717) is 18.6 Å². The summed E-state index contributed by atoms with van der Waals surface area (Å²) >= 11 is 0. The molecular formula is C12H19NO2. The highest BCUT2D eigenvalue weighted by atomic mass is 16.3. The molecule has 1 aliphatic rings. The van der Waals surface area contributed by atoms with Crippen molar-refractivity contribution in [2.45, 2.75) is 32.4 Å². The lowest BCUT2D eigenvalue weighted by molar-refractivity contribution is 0.0719. The summed E-state index contributed by atoms with van der Waals surface area (Å²) in [6, 6.07) is 4.53. The van der Waals surface area contributed by atoms with Crippen LogP contribution in [0, 0.1) is 5.92 Å². The Morgan fingerprint density at radius 2 is 2.40 bits per heavy atom. The molecule has 0 radical (unpaired) electrons. The highest BCUT2D eigenvalue weighted by Crippen LogP contribution is 2.23. The molecule has 0 aromatic carbocycles. The summed E-state index contributed by atoms with van der Waals surface area (Å²) in [6.07, 6.45) is 4.03. The van der Waals surface area contributed by atoms with Gasteiger partial charge in [-0.1, -0.05) is 0 Å². The molecule has 2 atom stereocenters. The molecule has 1 saturated heterocycles. The van der Waals surface area contributed by atoms with Gasteiger partial charge in [0.15, 0.2) is 0 Å². The number of hydrogen-bond acceptors (Lipinski definition) is 3. The van der Waals surface area contributed by atoms with Crippen molar-refractivity contribution in [2.75, 3.05) is 13.2 Å². The average Bonchev–Trinajstić information content (AvgIpc) is 2.74. The van der Waals surface area contributed by atoms with Gasteiger partial charge in [0.2, 0.25) is 0 Å². The van der Waals surface area contributed by atoms with Crippen LogP contribution in [0.15, 0.2) is 22.8 Å². The number of nitrogens with zero attached hydrogens (tertiary/aromatic N) is 1. The van der Waals surface area contributed by atoms with Gasteiger partial charge >= 0.3 is 0 Å². The number of rotatable bonds is 3. The van der Waals surface area contributed by atoms with Crippen LogP contribution in [-0.2, 0) is 6.54 Å². The summed E-state index contributed by atoms with van der Waals surface area (Å²) in [7, 11) is 0. The molecule has 3 heteroatoms. The van der Waals surface area contributed by atoms with Crippen LogP contribution >= 0.6 is 0 Å². The fraction of sp³-hybridized carbons (Fsp3) is 0.667. The predicted octanol–water partition coefficient (Wildman–Crippen LogP) is 1.87. The summed E-state index contributed by atoms with van der Waals surface area (Å²) in [4.78, 5) is 2.39. The number of likely N-dealkylation sites (tertiary alicyclic amines) is 1. The van der Waals surface area contributed by atoms with Crippen LogP contribution in [0.2, 0.25) is 0 Å². The van der Waals surface area contributed by atoms with E-state index in [0.717, 1.165) is 25.3 Å². The van der Waals surface area contributed by atoms with Gasteiger partial charge in [-0.2, -0.15) is 0 Å². The Kier molecular flexibility index (Phi) is 3.44. The molecule has 1 aliphatic heterocycles. The molecule has 0 spiro atoms. The fourth-order valence-electron chi connectivity index (χ4n) is 2.23. The minimum absolute atomic E-state index is 0.307. The van der Waals surface area contributed by atoms with Crippen LogP contribution in [-0.4, -0.2) is 29.2 Å². The molecule has 1 N–H and O–H groups in total. The Morgan fingerprint density at radius 3 is 3.07 bits per heavy atom. The summed E-state index contributed by atoms with van der Waals surface area (Å²) < 4.78 is 5.35. The monoisotopic (exact) mass is 209 g/mol. The number of furan rings is 1. The molecule has 2 rings (SSSR count). The SMILES string of the molecule is CC1CCC(CO)CN1Cc1ccco1. The first kappa shape index (κ1) is 10.7. The van der Waals surface area contributed by atoms with Crippen molar-refractivity contribution in [2.24, 2.45) is 5.92 Å². The van der Waals surface area contributed by atoms with Gasteiger partial charge in [-0.05, 0) is 37.8 Å². The molecule has 2 unspecified atom stereocenters. The molecule has 0 saturated carbocycles. The van der Waals surface area contributed by atoms with E-state index in [9.17, 15) is 5.11 Å². The van der Waals surface area contributed by atoms with Gasteiger partial charge in [-0.15, -0.1) is 0 Å². The Bertz CT molecular complexity index is 284. The van der Waals surface area contributed by atoms with E-state index in [2.05, 4.69) is 11.8 Å². The lowest BCUT2D eigenvalue weighted by Crippen LogP contribution is -2.42. The second-order valence-electron chi connectivity index (χ2n) is 4.48. The molecule has 15 heavy (non-hydrogen) atoms. The third-order valence-electron chi connectivity index (χ3n) is 3.31. The maximum Gasteiger partial charge on any atom is 0.117 e. The second-order valence-corrected chi connectivity index (χ2v) is 4.48. The maximum atomic E-state index is 9.17. The summed E-state index contributed by atoms with van der Waals surface area (Å²) in [5.41, 5.74) is 0. The molecule has 1 aromatic heterocycles. The van der Waals surface area contributed by atoms with Gasteiger partial charge in [-0.25, -0.2) is 0 Å². The number of hydrogen-bond donors (Lipinski definition) is 1. The third kappa shape index (κ3) is 2.61. The van der Waals surface area contributed by atoms with E-state index in [-0.39, 0.29) is 0 Å². The lowest BCUT2D eigenvalue weighted by atomic mass is 9.94. The van der Waals surface area contributed by atoms with Crippen LogP contribution in [0.1, 0.15) is 25.5 Å². The molecule has 1 fully saturated rings. The predicted molar refractivity (Wildman–Crippen MR) is 58.4 cm³/mol. The van der Waals surface area contributed by atoms with E-state index >= 15 is 0 Å². The number of piperidine rings is 1. The first-order chi connectivity index (χ1) is 7.29. The number of aliphatic hydroxyl groups is 1. The summed E-state index contributed by atoms with van der Waals surface area (Å²) in [5.74, 6) is 1.46. The quantitative estimate of drug-likeness (QED) is 0.825. The zero-order valence-electron chi connectivity index (χ0n) is 9.22. The summed E-state index contributed by atoms with van der Waals surface area (Å²) in [5, 5.41) is 9.17. The lowest BCUT2D eigenvalue weighted by Gasteiger charge is -2.36. The first-order valence-electron chi connectivity index (χ1n) is 5.67. The molecule has 0 aliphatic carbocycles. The number of aliphatic hydroxyl groups excluding tert-OH is 1. The Labute approximate surface area is 90.7 Å². The first-order valence-corrected chi connectivity index (χ1v) is 5.67. The van der Waals surface area contributed by atoms with E-state index < -0.39 is 0 Å². The van der Waals surface area contributed by atoms with Crippen molar-refractivity contribution in [3.8, 4) is 0 Å². The third-order valence-corrected chi connectivity index (χ3v) is 3.31. The van der Waals surface area contributed by atoms with Gasteiger partial charge < -0.3 is 9.52 Å². The summed E-state index contributed by atoms with van der Waals surface area (Å²) in [6.45, 7) is 4.40. The van der Waals surface area contributed by atoms with Crippen molar-refractivity contribution in [1.82, 2.24) is 4.90 Å². The van der Waals surface area contributed by atoms with Crippen LogP contribution < -0.4 is 0 Å². The Balaban J connectivity index is 1.94. The van der Waals surface area contributed by atoms with Crippen LogP contribution in [0.4, 0.5) is 0 Å². The van der Waals surface area contributed by atoms with Gasteiger partial charge in [0.1, 0.15) is 5.76 Å². The van der Waals surface area contributed by atoms with Crippen molar-refractivity contribution in [1.29, 1.82) is 0 Å². The standard InChI is InChI=1S/C12H19NO2/c1-10-4-5-11(9-14)7-13(10)8-12-3-2-6-15-12/h2-3,6,10-11,14H,4-5,7-9H2,1H3. The van der Waals surface area contributed by atoms with Gasteiger partial charge in [0.25, 0.3) is 0 Å². The molecule has 0 amide bonds. The molecule has 3 nitrogen and oxygen atoms in total. The van der Waals surface area contributed by atoms with Crippen molar-refractivity contribution in [3.63, 3.8) is 0 Å². The van der Waals surface area contributed by atoms with Crippen molar-refractivity contribution < 1.29 is 9.52 Å². The Morgan fingerprint density at radius 1 is 1.53 bits per heavy atom. The molecule has 2 heterocycles. The normalized spacial score (nSPS) is 28.1. The zero-order valence-corrected chi connectivity index (χ0v) is 9.22. The van der Waals surface area contributed by atoms with Gasteiger partial charge in [0.05, 0.1) is 12.8 Å². The van der Waals surface area contributed by atoms with E-state index in [1.807, 2.05) is 12.1 Å². The topological polar surface area (TPSA) is 36.6 Å². The fourth-order valence-corrected chi connectivity index (χ4v) is 2.23. The van der Waals surface area contributed by atoms with E-state index in [1.165, 1.54) is 6.42 Å².